The first kappa shape index (κ1) is 22.9. The van der Waals surface area contributed by atoms with E-state index in [1.807, 2.05) is 43.3 Å². The van der Waals surface area contributed by atoms with Crippen molar-refractivity contribution < 1.29 is 18.9 Å². The minimum absolute atomic E-state index is 0.0954. The molecule has 3 rings (SSSR count). The third-order valence-corrected chi connectivity index (χ3v) is 5.25. The van der Waals surface area contributed by atoms with Gasteiger partial charge in [-0.2, -0.15) is 0 Å². The maximum Gasteiger partial charge on any atom is 0.469 e. The van der Waals surface area contributed by atoms with E-state index in [2.05, 4.69) is 9.51 Å². The van der Waals surface area contributed by atoms with Crippen LogP contribution in [-0.2, 0) is 29.2 Å². The largest absolute Gasteiger partial charge is 0.469 e. The Labute approximate surface area is 178 Å². The topological polar surface area (TPSA) is 129 Å². The summed E-state index contributed by atoms with van der Waals surface area (Å²) in [5.41, 5.74) is 0.557. The molecule has 0 radical (unpaired) electrons. The lowest BCUT2D eigenvalue weighted by molar-refractivity contribution is 0.192. The predicted octanol–water partition coefficient (Wildman–Crippen LogP) is 1.98. The first-order valence-corrected chi connectivity index (χ1v) is 11.4. The molecule has 0 amide bonds. The fourth-order valence-electron chi connectivity index (χ4n) is 3.29. The van der Waals surface area contributed by atoms with Gasteiger partial charge in [-0.3, -0.25) is 18.5 Å². The van der Waals surface area contributed by atoms with Crippen molar-refractivity contribution in [2.45, 2.75) is 32.9 Å². The number of aryl methyl sites for hydroxylation is 2. The molecule has 0 spiro atoms. The third kappa shape index (κ3) is 5.29. The second-order valence-corrected chi connectivity index (χ2v) is 8.25. The Bertz CT molecular complexity index is 1250. The van der Waals surface area contributed by atoms with E-state index < -0.39 is 19.1 Å². The van der Waals surface area contributed by atoms with Gasteiger partial charge in [-0.15, -0.1) is 0 Å². The van der Waals surface area contributed by atoms with Crippen molar-refractivity contribution in [3.8, 4) is 0 Å². The highest BCUT2D eigenvalue weighted by Crippen LogP contribution is 2.35. The summed E-state index contributed by atoms with van der Waals surface area (Å²) < 4.78 is 19.5. The number of phosphoric ester groups is 1. The maximum absolute atomic E-state index is 13.0. The van der Waals surface area contributed by atoms with Crippen molar-refractivity contribution in [3.63, 3.8) is 0 Å². The summed E-state index contributed by atoms with van der Waals surface area (Å²) in [5.74, 6) is 0.504. The summed E-state index contributed by atoms with van der Waals surface area (Å²) >= 11 is 0. The van der Waals surface area contributed by atoms with E-state index in [1.54, 1.807) is 17.7 Å². The number of hydrogen-bond donors (Lipinski definition) is 2. The molecule has 3 aromatic rings. The summed E-state index contributed by atoms with van der Waals surface area (Å²) in [6.45, 7) is 1.98. The highest BCUT2D eigenvalue weighted by atomic mass is 31.2. The summed E-state index contributed by atoms with van der Waals surface area (Å²) in [6.07, 6.45) is 4.39. The fraction of sp³-hybridized carbons (Fsp3) is 0.350. The summed E-state index contributed by atoms with van der Waals surface area (Å²) in [4.78, 5) is 48.1. The number of aromatic nitrogens is 4. The second-order valence-electron chi connectivity index (χ2n) is 7.01. The van der Waals surface area contributed by atoms with Crippen molar-refractivity contribution in [2.75, 3.05) is 6.61 Å². The van der Waals surface area contributed by atoms with Gasteiger partial charge in [0.2, 0.25) is 0 Å². The van der Waals surface area contributed by atoms with E-state index in [1.165, 1.54) is 9.13 Å². The summed E-state index contributed by atoms with van der Waals surface area (Å²) in [6, 6.07) is 9.61. The molecule has 0 aliphatic carbocycles. The number of fused-ring (bicyclic) bond motifs is 1. The molecule has 2 N–H and O–H groups in total. The Morgan fingerprint density at radius 2 is 1.81 bits per heavy atom. The van der Waals surface area contributed by atoms with Gasteiger partial charge in [-0.05, 0) is 24.5 Å². The van der Waals surface area contributed by atoms with Gasteiger partial charge in [0.15, 0.2) is 11.2 Å². The van der Waals surface area contributed by atoms with Crippen LogP contribution in [0, 0.1) is 0 Å². The Morgan fingerprint density at radius 1 is 1.10 bits per heavy atom. The van der Waals surface area contributed by atoms with Crippen LogP contribution in [0.25, 0.3) is 23.3 Å². The average Bonchev–Trinajstić information content (AvgIpc) is 3.05. The van der Waals surface area contributed by atoms with Gasteiger partial charge in [-0.25, -0.2) is 14.3 Å². The molecule has 11 heteroatoms. The van der Waals surface area contributed by atoms with Crippen LogP contribution in [0.5, 0.6) is 0 Å². The van der Waals surface area contributed by atoms with Crippen molar-refractivity contribution in [2.24, 2.45) is 7.05 Å². The molecule has 0 atom stereocenters. The van der Waals surface area contributed by atoms with Crippen molar-refractivity contribution in [1.29, 1.82) is 0 Å². The number of imidazole rings is 1. The van der Waals surface area contributed by atoms with Gasteiger partial charge in [0, 0.05) is 20.1 Å². The minimum Gasteiger partial charge on any atom is -0.322 e. The lowest BCUT2D eigenvalue weighted by atomic mass is 10.2. The Hall–Kier alpha value is -2.78. The highest BCUT2D eigenvalue weighted by Gasteiger charge is 2.19. The first-order chi connectivity index (χ1) is 14.7. The van der Waals surface area contributed by atoms with Gasteiger partial charge in [0.25, 0.3) is 5.56 Å². The van der Waals surface area contributed by atoms with Crippen LogP contribution in [0.3, 0.4) is 0 Å². The number of hydrogen-bond acceptors (Lipinski definition) is 5. The zero-order valence-corrected chi connectivity index (χ0v) is 18.2. The number of rotatable bonds is 9. The van der Waals surface area contributed by atoms with Crippen LogP contribution < -0.4 is 11.2 Å². The SMILES string of the molecule is CCCn1c(=O)c2c(nc(/C=C/c3ccccc3)n2C)n(CCCOP(=O)(O)O)c1=O. The molecule has 31 heavy (non-hydrogen) atoms. The van der Waals surface area contributed by atoms with Crippen LogP contribution in [0.4, 0.5) is 0 Å². The van der Waals surface area contributed by atoms with Crippen LogP contribution in [0.2, 0.25) is 0 Å². The molecule has 166 valence electrons. The van der Waals surface area contributed by atoms with Gasteiger partial charge < -0.3 is 14.4 Å². The van der Waals surface area contributed by atoms with Crippen molar-refractivity contribution in [3.05, 3.63) is 62.6 Å². The first-order valence-electron chi connectivity index (χ1n) is 9.86. The molecule has 1 aromatic carbocycles. The summed E-state index contributed by atoms with van der Waals surface area (Å²) in [7, 11) is -2.88. The van der Waals surface area contributed by atoms with Gasteiger partial charge in [0.1, 0.15) is 5.82 Å². The highest BCUT2D eigenvalue weighted by molar-refractivity contribution is 7.46. The molecule has 0 fully saturated rings. The molecule has 0 saturated heterocycles. The molecule has 2 aromatic heterocycles. The van der Waals surface area contributed by atoms with Gasteiger partial charge in [0.05, 0.1) is 6.61 Å². The quantitative estimate of drug-likeness (QED) is 0.378. The smallest absolute Gasteiger partial charge is 0.322 e. The van der Waals surface area contributed by atoms with Crippen LogP contribution in [-0.4, -0.2) is 35.1 Å². The van der Waals surface area contributed by atoms with Crippen LogP contribution in [0.1, 0.15) is 31.2 Å². The molecule has 0 aliphatic rings. The lowest BCUT2D eigenvalue weighted by Gasteiger charge is -2.11. The third-order valence-electron chi connectivity index (χ3n) is 4.73. The minimum atomic E-state index is -4.59. The van der Waals surface area contributed by atoms with E-state index in [0.29, 0.717) is 12.2 Å². The van der Waals surface area contributed by atoms with Crippen LogP contribution >= 0.6 is 7.82 Å². The van der Waals surface area contributed by atoms with Gasteiger partial charge in [-0.1, -0.05) is 43.3 Å². The number of nitrogens with zero attached hydrogens (tertiary/aromatic N) is 4. The normalized spacial score (nSPS) is 12.3. The molecule has 2 heterocycles. The number of phosphoric acid groups is 1. The zero-order valence-electron chi connectivity index (χ0n) is 17.3. The second kappa shape index (κ2) is 9.57. The lowest BCUT2D eigenvalue weighted by Crippen LogP contribution is -2.40. The maximum atomic E-state index is 13.0. The molecular weight excluding hydrogens is 423 g/mol. The Kier molecular flexibility index (Phi) is 7.07. The standard InChI is InChI=1S/C20H25N4O6P/c1-3-12-24-19(25)17-18(23(20(24)26)13-7-14-30-31(27,28)29)21-16(22(17)2)11-10-15-8-5-4-6-9-15/h4-6,8-11H,3,7,12-14H2,1-2H3,(H2,27,28,29)/b11-10+. The molecular formula is C20H25N4O6P. The molecule has 0 saturated carbocycles. The molecule has 10 nitrogen and oxygen atoms in total. The monoisotopic (exact) mass is 448 g/mol. The average molecular weight is 448 g/mol. The van der Waals surface area contributed by atoms with Crippen molar-refractivity contribution >= 4 is 31.1 Å². The zero-order chi connectivity index (χ0) is 22.6. The molecule has 0 unspecified atom stereocenters. The fourth-order valence-corrected chi connectivity index (χ4v) is 3.66. The number of benzene rings is 1. The van der Waals surface area contributed by atoms with E-state index >= 15 is 0 Å². The van der Waals surface area contributed by atoms with E-state index in [0.717, 1.165) is 5.56 Å². The van der Waals surface area contributed by atoms with Crippen molar-refractivity contribution in [1.82, 2.24) is 18.7 Å². The van der Waals surface area contributed by atoms with E-state index in [9.17, 15) is 14.2 Å². The van der Waals surface area contributed by atoms with Crippen LogP contribution in [0.15, 0.2) is 39.9 Å². The van der Waals surface area contributed by atoms with E-state index in [-0.39, 0.29) is 37.3 Å². The predicted molar refractivity (Wildman–Crippen MR) is 118 cm³/mol. The Balaban J connectivity index is 2.06. The molecule has 0 aliphatic heterocycles. The van der Waals surface area contributed by atoms with E-state index in [4.69, 9.17) is 9.79 Å². The van der Waals surface area contributed by atoms with Gasteiger partial charge >= 0.3 is 13.5 Å². The molecule has 0 bridgehead atoms. The summed E-state index contributed by atoms with van der Waals surface area (Å²) in [5, 5.41) is 0. The Morgan fingerprint density at radius 3 is 2.45 bits per heavy atom.